The van der Waals surface area contributed by atoms with Crippen LogP contribution in [0.1, 0.15) is 50.0 Å². The van der Waals surface area contributed by atoms with Gasteiger partial charge in [0.1, 0.15) is 0 Å². The third kappa shape index (κ3) is 4.37. The van der Waals surface area contributed by atoms with Crippen molar-refractivity contribution in [2.45, 2.75) is 50.5 Å². The zero-order valence-electron chi connectivity index (χ0n) is 11.5. The first-order valence-corrected chi connectivity index (χ1v) is 7.21. The Morgan fingerprint density at radius 1 is 1.05 bits per heavy atom. The Morgan fingerprint density at radius 3 is 2.30 bits per heavy atom. The van der Waals surface area contributed by atoms with Crippen LogP contribution < -0.4 is 5.32 Å². The molecule has 1 fully saturated rings. The van der Waals surface area contributed by atoms with Crippen molar-refractivity contribution in [3.05, 3.63) is 35.9 Å². The molecule has 0 atom stereocenters. The second kappa shape index (κ2) is 7.08. The molecule has 1 amide bonds. The van der Waals surface area contributed by atoms with Gasteiger partial charge in [-0.25, -0.2) is 0 Å². The van der Waals surface area contributed by atoms with Gasteiger partial charge in [-0.2, -0.15) is 0 Å². The number of carbonyl (C=O) groups excluding carboxylic acids is 1. The van der Waals surface area contributed by atoms with Crippen LogP contribution in [0, 0.1) is 0 Å². The van der Waals surface area contributed by atoms with Crippen LogP contribution in [0.3, 0.4) is 0 Å². The number of amides is 1. The van der Waals surface area contributed by atoms with Gasteiger partial charge in [0.2, 0.25) is 5.91 Å². The standard InChI is InChI=1S/C16H21NO3/c18-15(10-11-16(19)20)17-14-8-6-13(7-9-14)12-4-2-1-3-5-12/h1-5,13-14H,6-11H2,(H,17,18)(H,19,20). The number of carbonyl (C=O) groups is 2. The molecule has 1 aromatic carbocycles. The molecule has 1 aliphatic carbocycles. The second-order valence-corrected chi connectivity index (χ2v) is 5.42. The van der Waals surface area contributed by atoms with Gasteiger partial charge in [-0.05, 0) is 37.2 Å². The second-order valence-electron chi connectivity index (χ2n) is 5.42. The SMILES string of the molecule is O=C(O)CCC(=O)NC1CCC(c2ccccc2)CC1. The van der Waals surface area contributed by atoms with E-state index in [9.17, 15) is 9.59 Å². The smallest absolute Gasteiger partial charge is 0.303 e. The topological polar surface area (TPSA) is 66.4 Å². The maximum Gasteiger partial charge on any atom is 0.303 e. The van der Waals surface area contributed by atoms with Crippen LogP contribution in [0.25, 0.3) is 0 Å². The van der Waals surface area contributed by atoms with Gasteiger partial charge in [-0.15, -0.1) is 0 Å². The number of rotatable bonds is 5. The van der Waals surface area contributed by atoms with Gasteiger partial charge in [0, 0.05) is 12.5 Å². The summed E-state index contributed by atoms with van der Waals surface area (Å²) in [7, 11) is 0. The zero-order valence-corrected chi connectivity index (χ0v) is 11.5. The minimum absolute atomic E-state index is 0.0773. The van der Waals surface area contributed by atoms with E-state index in [1.54, 1.807) is 0 Å². The molecule has 0 saturated heterocycles. The predicted molar refractivity (Wildman–Crippen MR) is 76.5 cm³/mol. The van der Waals surface area contributed by atoms with Gasteiger partial charge in [0.05, 0.1) is 6.42 Å². The molecule has 0 spiro atoms. The molecule has 20 heavy (non-hydrogen) atoms. The molecule has 1 aliphatic rings. The van der Waals surface area contributed by atoms with E-state index in [4.69, 9.17) is 5.11 Å². The number of hydrogen-bond donors (Lipinski definition) is 2. The van der Waals surface area contributed by atoms with Crippen molar-refractivity contribution in [3.63, 3.8) is 0 Å². The Kier molecular flexibility index (Phi) is 5.16. The fourth-order valence-corrected chi connectivity index (χ4v) is 2.82. The Hall–Kier alpha value is -1.84. The van der Waals surface area contributed by atoms with Crippen molar-refractivity contribution in [1.82, 2.24) is 5.32 Å². The van der Waals surface area contributed by atoms with Crippen LogP contribution in [0.2, 0.25) is 0 Å². The van der Waals surface area contributed by atoms with Gasteiger partial charge < -0.3 is 10.4 Å². The highest BCUT2D eigenvalue weighted by Crippen LogP contribution is 2.32. The minimum atomic E-state index is -0.923. The molecule has 4 nitrogen and oxygen atoms in total. The van der Waals surface area contributed by atoms with E-state index in [1.807, 2.05) is 6.07 Å². The van der Waals surface area contributed by atoms with Crippen molar-refractivity contribution in [1.29, 1.82) is 0 Å². The van der Waals surface area contributed by atoms with Gasteiger partial charge >= 0.3 is 5.97 Å². The summed E-state index contributed by atoms with van der Waals surface area (Å²) in [4.78, 5) is 22.0. The highest BCUT2D eigenvalue weighted by Gasteiger charge is 2.23. The van der Waals surface area contributed by atoms with E-state index in [1.165, 1.54) is 5.56 Å². The van der Waals surface area contributed by atoms with E-state index in [2.05, 4.69) is 29.6 Å². The predicted octanol–water partition coefficient (Wildman–Crippen LogP) is 2.69. The summed E-state index contributed by atoms with van der Waals surface area (Å²) in [5.74, 6) is -0.480. The molecule has 1 saturated carbocycles. The Balaban J connectivity index is 1.74. The number of carboxylic acids is 1. The lowest BCUT2D eigenvalue weighted by atomic mass is 9.82. The molecule has 1 aromatic rings. The molecule has 0 heterocycles. The number of nitrogens with one attached hydrogen (secondary N) is 1. The number of aliphatic carboxylic acids is 1. The first-order valence-electron chi connectivity index (χ1n) is 7.21. The fraction of sp³-hybridized carbons (Fsp3) is 0.500. The molecule has 4 heteroatoms. The molecular formula is C16H21NO3. The molecule has 0 bridgehead atoms. The van der Waals surface area contributed by atoms with Gasteiger partial charge in [-0.3, -0.25) is 9.59 Å². The maximum absolute atomic E-state index is 11.6. The van der Waals surface area contributed by atoms with Crippen molar-refractivity contribution in [2.75, 3.05) is 0 Å². The average Bonchev–Trinajstić information content (AvgIpc) is 2.47. The largest absolute Gasteiger partial charge is 0.481 e. The van der Waals surface area contributed by atoms with Crippen LogP contribution >= 0.6 is 0 Å². The molecular weight excluding hydrogens is 254 g/mol. The molecule has 0 radical (unpaired) electrons. The van der Waals surface area contributed by atoms with Crippen LogP contribution in [-0.4, -0.2) is 23.0 Å². The highest BCUT2D eigenvalue weighted by atomic mass is 16.4. The van der Waals surface area contributed by atoms with E-state index < -0.39 is 5.97 Å². The third-order valence-corrected chi connectivity index (χ3v) is 3.93. The Morgan fingerprint density at radius 2 is 1.70 bits per heavy atom. The number of hydrogen-bond acceptors (Lipinski definition) is 2. The monoisotopic (exact) mass is 275 g/mol. The summed E-state index contributed by atoms with van der Waals surface area (Å²) >= 11 is 0. The van der Waals surface area contributed by atoms with Crippen molar-refractivity contribution in [3.8, 4) is 0 Å². The zero-order chi connectivity index (χ0) is 14.4. The minimum Gasteiger partial charge on any atom is -0.481 e. The summed E-state index contributed by atoms with van der Waals surface area (Å²) in [5.41, 5.74) is 1.38. The van der Waals surface area contributed by atoms with Crippen molar-refractivity contribution >= 4 is 11.9 Å². The Bertz CT molecular complexity index is 450. The molecule has 0 aliphatic heterocycles. The average molecular weight is 275 g/mol. The van der Waals surface area contributed by atoms with Gasteiger partial charge in [0.15, 0.2) is 0 Å². The van der Waals surface area contributed by atoms with Crippen LogP contribution in [0.4, 0.5) is 0 Å². The lowest BCUT2D eigenvalue weighted by Gasteiger charge is -2.29. The van der Waals surface area contributed by atoms with Crippen molar-refractivity contribution < 1.29 is 14.7 Å². The summed E-state index contributed by atoms with van der Waals surface area (Å²) in [6.45, 7) is 0. The summed E-state index contributed by atoms with van der Waals surface area (Å²) in [6.07, 6.45) is 4.08. The summed E-state index contributed by atoms with van der Waals surface area (Å²) in [5, 5.41) is 11.5. The molecule has 2 N–H and O–H groups in total. The quantitative estimate of drug-likeness (QED) is 0.868. The molecule has 0 aromatic heterocycles. The third-order valence-electron chi connectivity index (χ3n) is 3.93. The van der Waals surface area contributed by atoms with Crippen LogP contribution in [0.15, 0.2) is 30.3 Å². The van der Waals surface area contributed by atoms with Crippen LogP contribution in [-0.2, 0) is 9.59 Å². The number of benzene rings is 1. The normalized spacial score (nSPS) is 22.2. The lowest BCUT2D eigenvalue weighted by Crippen LogP contribution is -2.37. The lowest BCUT2D eigenvalue weighted by molar-refractivity contribution is -0.139. The van der Waals surface area contributed by atoms with Crippen molar-refractivity contribution in [2.24, 2.45) is 0 Å². The van der Waals surface area contributed by atoms with E-state index >= 15 is 0 Å². The maximum atomic E-state index is 11.6. The van der Waals surface area contributed by atoms with Gasteiger partial charge in [-0.1, -0.05) is 30.3 Å². The summed E-state index contributed by atoms with van der Waals surface area (Å²) < 4.78 is 0. The van der Waals surface area contributed by atoms with Crippen LogP contribution in [0.5, 0.6) is 0 Å². The van der Waals surface area contributed by atoms with Gasteiger partial charge in [0.25, 0.3) is 0 Å². The van der Waals surface area contributed by atoms with E-state index in [-0.39, 0.29) is 24.8 Å². The number of carboxylic acid groups (broad SMARTS) is 1. The van der Waals surface area contributed by atoms with E-state index in [0.29, 0.717) is 5.92 Å². The molecule has 0 unspecified atom stereocenters. The first-order chi connectivity index (χ1) is 9.65. The Labute approximate surface area is 119 Å². The highest BCUT2D eigenvalue weighted by molar-refractivity contribution is 5.80. The first kappa shape index (κ1) is 14.6. The fourth-order valence-electron chi connectivity index (χ4n) is 2.82. The molecule has 108 valence electrons. The summed E-state index contributed by atoms with van der Waals surface area (Å²) in [6, 6.07) is 10.7. The van der Waals surface area contributed by atoms with E-state index in [0.717, 1.165) is 25.7 Å². The molecule has 2 rings (SSSR count).